The van der Waals surface area contributed by atoms with Gasteiger partial charge in [-0.3, -0.25) is 9.59 Å². The summed E-state index contributed by atoms with van der Waals surface area (Å²) in [6.07, 6.45) is 20.0. The molecular weight excluding hydrogens is 1050 g/mol. The van der Waals surface area contributed by atoms with E-state index in [-0.39, 0.29) is 44.1 Å². The maximum Gasteiger partial charge on any atom is 0.157 e. The molecule has 4 aromatic rings. The van der Waals surface area contributed by atoms with Crippen molar-refractivity contribution in [3.63, 3.8) is 0 Å². The molecule has 75 heavy (non-hydrogen) atoms. The molecule has 16 atom stereocenters. The van der Waals surface area contributed by atoms with Gasteiger partial charge in [-0.1, -0.05) is 86.9 Å². The molecule has 8 saturated carbocycles. The molecule has 0 unspecified atom stereocenters. The van der Waals surface area contributed by atoms with Crippen LogP contribution in [0.5, 0.6) is 0 Å². The molecule has 0 radical (unpaired) electrons. The van der Waals surface area contributed by atoms with Crippen LogP contribution in [0.1, 0.15) is 158 Å². The van der Waals surface area contributed by atoms with Gasteiger partial charge in [0, 0.05) is 36.1 Å². The SMILES string of the molecule is C.C.COC[C@@]1(O)CC[C@@]2(C)[C@@H](CC[C@@H]3[C@@H]2CC[C@]2(C)[C@@H](C(=O)CBr)CC[C@@H]32)C1.COC[C@@]1(O)CC[C@@]2(C)[C@@H](CC[C@@H]3[C@@H]2CC[C@]2(C)[C@@H](C(=O)Cn4nnc5ccc(Cl)cc54)CC[C@@H]32)C1.Clc1ccc2n[nH]nc2c1. The zero-order chi connectivity index (χ0) is 51.7. The predicted octanol–water partition coefficient (Wildman–Crippen LogP) is 13.6. The number of nitrogens with zero attached hydrogens (tertiary/aromatic N) is 5. The Labute approximate surface area is 465 Å². The number of methoxy groups -OCH3 is 2. The van der Waals surface area contributed by atoms with Crippen molar-refractivity contribution in [1.82, 2.24) is 30.4 Å². The second kappa shape index (κ2) is 22.6. The molecule has 0 saturated heterocycles. The molecule has 8 aliphatic rings. The third-order valence-corrected chi connectivity index (χ3v) is 23.5. The third kappa shape index (κ3) is 10.6. The van der Waals surface area contributed by atoms with Crippen LogP contribution in [0.2, 0.25) is 10.0 Å². The molecule has 8 fully saturated rings. The molecule has 2 aromatic carbocycles. The zero-order valence-corrected chi connectivity index (χ0v) is 47.3. The van der Waals surface area contributed by atoms with E-state index in [4.69, 9.17) is 32.7 Å². The largest absolute Gasteiger partial charge is 0.387 e. The molecule has 3 N–H and O–H groups in total. The lowest BCUT2D eigenvalue weighted by atomic mass is 9.44. The van der Waals surface area contributed by atoms with Crippen molar-refractivity contribution in [2.75, 3.05) is 32.8 Å². The summed E-state index contributed by atoms with van der Waals surface area (Å²) in [6.45, 7) is 11.1. The number of hydrogen-bond acceptors (Lipinski definition) is 10. The summed E-state index contributed by atoms with van der Waals surface area (Å²) in [5.74, 6) is 6.59. The smallest absolute Gasteiger partial charge is 0.157 e. The number of ketones is 2. The van der Waals surface area contributed by atoms with Gasteiger partial charge in [-0.05, 0) is 221 Å². The minimum absolute atomic E-state index is 0. The van der Waals surface area contributed by atoms with Crippen molar-refractivity contribution in [3.05, 3.63) is 46.4 Å². The molecular formula is C60H89BrCl2N6O6. The highest BCUT2D eigenvalue weighted by Gasteiger charge is 2.64. The topological polar surface area (TPSA) is 165 Å². The van der Waals surface area contributed by atoms with Crippen LogP contribution in [0.15, 0.2) is 36.4 Å². The van der Waals surface area contributed by atoms with Gasteiger partial charge >= 0.3 is 0 Å². The summed E-state index contributed by atoms with van der Waals surface area (Å²) in [4.78, 5) is 26.3. The van der Waals surface area contributed by atoms with Gasteiger partial charge in [0.25, 0.3) is 0 Å². The molecule has 416 valence electrons. The molecule has 2 aromatic heterocycles. The lowest BCUT2D eigenvalue weighted by molar-refractivity contribution is -0.164. The van der Waals surface area contributed by atoms with E-state index in [0.29, 0.717) is 80.6 Å². The van der Waals surface area contributed by atoms with Gasteiger partial charge in [0.15, 0.2) is 5.78 Å². The van der Waals surface area contributed by atoms with E-state index >= 15 is 0 Å². The van der Waals surface area contributed by atoms with E-state index in [1.54, 1.807) is 31.0 Å². The summed E-state index contributed by atoms with van der Waals surface area (Å²) < 4.78 is 12.4. The van der Waals surface area contributed by atoms with E-state index < -0.39 is 11.2 Å². The number of nitrogens with one attached hydrogen (secondary N) is 1. The highest BCUT2D eigenvalue weighted by atomic mass is 79.9. The number of fused-ring (bicyclic) bond motifs is 12. The molecule has 12 rings (SSSR count). The Morgan fingerprint density at radius 1 is 0.627 bits per heavy atom. The summed E-state index contributed by atoms with van der Waals surface area (Å²) in [5, 5.41) is 42.7. The highest BCUT2D eigenvalue weighted by molar-refractivity contribution is 9.09. The number of hydrogen-bond donors (Lipinski definition) is 3. The van der Waals surface area contributed by atoms with E-state index in [2.05, 4.69) is 69.3 Å². The number of aliphatic hydroxyl groups is 2. The molecule has 2 heterocycles. The lowest BCUT2D eigenvalue weighted by Gasteiger charge is -2.62. The molecule has 0 amide bonds. The Kier molecular flexibility index (Phi) is 17.6. The summed E-state index contributed by atoms with van der Waals surface area (Å²) >= 11 is 15.3. The van der Waals surface area contributed by atoms with Crippen LogP contribution in [-0.4, -0.2) is 96.1 Å². The first kappa shape index (κ1) is 58.6. The van der Waals surface area contributed by atoms with Crippen LogP contribution in [0.3, 0.4) is 0 Å². The second-order valence-electron chi connectivity index (χ2n) is 25.8. The Balaban J connectivity index is 0.000000168. The van der Waals surface area contributed by atoms with Crippen molar-refractivity contribution in [2.24, 2.45) is 80.8 Å². The van der Waals surface area contributed by atoms with Crippen LogP contribution in [0.25, 0.3) is 22.1 Å². The number of halogens is 3. The van der Waals surface area contributed by atoms with Crippen LogP contribution >= 0.6 is 39.1 Å². The summed E-state index contributed by atoms with van der Waals surface area (Å²) in [7, 11) is 3.40. The maximum atomic E-state index is 13.7. The Bertz CT molecular complexity index is 2650. The lowest BCUT2D eigenvalue weighted by Crippen LogP contribution is -2.57. The minimum Gasteiger partial charge on any atom is -0.387 e. The van der Waals surface area contributed by atoms with Crippen LogP contribution in [-0.2, 0) is 25.6 Å². The number of H-pyrrole nitrogens is 1. The van der Waals surface area contributed by atoms with Crippen molar-refractivity contribution in [1.29, 1.82) is 0 Å². The molecule has 8 aliphatic carbocycles. The van der Waals surface area contributed by atoms with Gasteiger partial charge in [-0.25, -0.2) is 4.68 Å². The van der Waals surface area contributed by atoms with E-state index in [0.717, 1.165) is 104 Å². The fraction of sp³-hybridized carbons (Fsp3) is 0.767. The minimum atomic E-state index is -0.657. The number of Topliss-reactive ketones (excluding diaryl/α,β-unsaturated/α-hetero) is 2. The predicted molar refractivity (Wildman–Crippen MR) is 303 cm³/mol. The standard InChI is InChI=1S/C29H40ClN3O3.C23H37BrO3.C6H4ClN3.2CH4/c1-27-12-13-29(35,17-36-3)15-18(27)4-6-20-21-7-8-23(28(21,2)11-10-22(20)27)26(34)16-33-25-14-19(30)5-9-24(25)31-32-33;1-21-10-11-23(26,14-27-3)12-15(21)4-5-16-17-6-7-19(20(25)13-24)22(17,2)9-8-18(16)21;7-4-1-2-5-6(3-4)9-10-8-5;;/h5,9,14,18,20-23,35H,4,6-8,10-13,15-17H2,1-3H3;15-19,26H,4-14H2,1-3H3;1-3H,(H,8,9,10);2*1H4/t18-,20-,21-,22-,23+,27-,28-,29+;15-,16-,17-,18-,19+,21-,22-,23+;;;/m00.../s1. The Morgan fingerprint density at radius 3 is 1.63 bits per heavy atom. The van der Waals surface area contributed by atoms with Crippen molar-refractivity contribution in [2.45, 2.75) is 176 Å². The van der Waals surface area contributed by atoms with Crippen LogP contribution in [0.4, 0.5) is 0 Å². The number of alkyl halides is 1. The normalized spacial score (nSPS) is 40.3. The van der Waals surface area contributed by atoms with Gasteiger partial charge in [-0.2, -0.15) is 15.4 Å². The van der Waals surface area contributed by atoms with E-state index in [1.807, 2.05) is 24.3 Å². The second-order valence-corrected chi connectivity index (χ2v) is 27.2. The van der Waals surface area contributed by atoms with Crippen molar-refractivity contribution >= 4 is 72.8 Å². The Morgan fingerprint density at radius 2 is 1.11 bits per heavy atom. The van der Waals surface area contributed by atoms with E-state index in [9.17, 15) is 19.8 Å². The van der Waals surface area contributed by atoms with Gasteiger partial charge in [0.1, 0.15) is 28.9 Å². The molecule has 0 aliphatic heterocycles. The fourth-order valence-electron chi connectivity index (χ4n) is 18.7. The first-order valence-corrected chi connectivity index (χ1v) is 29.7. The number of carbonyl (C=O) groups excluding carboxylic acids is 2. The van der Waals surface area contributed by atoms with Crippen LogP contribution in [0, 0.1) is 80.8 Å². The van der Waals surface area contributed by atoms with Crippen molar-refractivity contribution in [3.8, 4) is 0 Å². The molecule has 15 heteroatoms. The monoisotopic (exact) mass is 1140 g/mol. The fourth-order valence-corrected chi connectivity index (χ4v) is 19.4. The molecule has 12 nitrogen and oxygen atoms in total. The van der Waals surface area contributed by atoms with Crippen molar-refractivity contribution < 1.29 is 29.3 Å². The molecule has 0 bridgehead atoms. The summed E-state index contributed by atoms with van der Waals surface area (Å²) in [5.41, 5.74) is 2.92. The number of carbonyl (C=O) groups is 2. The highest BCUT2D eigenvalue weighted by Crippen LogP contribution is 2.70. The van der Waals surface area contributed by atoms with Gasteiger partial charge in [-0.15, -0.1) is 5.10 Å². The average Bonchev–Trinajstić information content (AvgIpc) is 4.16. The maximum absolute atomic E-state index is 13.7. The summed E-state index contributed by atoms with van der Waals surface area (Å²) in [6, 6.07) is 10.9. The number of aromatic amines is 1. The number of aromatic nitrogens is 6. The van der Waals surface area contributed by atoms with E-state index in [1.165, 1.54) is 51.4 Å². The average molecular weight is 1140 g/mol. The first-order chi connectivity index (χ1) is 34.8. The zero-order valence-electron chi connectivity index (χ0n) is 44.2. The third-order valence-electron chi connectivity index (χ3n) is 22.4. The van der Waals surface area contributed by atoms with Gasteiger partial charge < -0.3 is 19.7 Å². The number of benzene rings is 2. The van der Waals surface area contributed by atoms with Crippen LogP contribution < -0.4 is 0 Å². The van der Waals surface area contributed by atoms with Gasteiger partial charge in [0.2, 0.25) is 0 Å². The first-order valence-electron chi connectivity index (χ1n) is 27.8. The molecule has 0 spiro atoms. The number of rotatable bonds is 9. The quantitative estimate of drug-likeness (QED) is 0.137. The number of ether oxygens (including phenoxy) is 2. The Hall–Kier alpha value is -2.52. The van der Waals surface area contributed by atoms with Gasteiger partial charge in [0.05, 0.1) is 35.3 Å².